The standard InChI is InChI=1S/C12H10BrN3O2/c1-16-7-9(2-3-11(16)17)15-12(18)8-4-5-14-10(13)6-8/h2-7H,1H3,(H,15,18). The van der Waals surface area contributed by atoms with Crippen molar-refractivity contribution in [3.05, 3.63) is 57.2 Å². The molecule has 6 heteroatoms. The van der Waals surface area contributed by atoms with E-state index in [9.17, 15) is 9.59 Å². The molecule has 0 bridgehead atoms. The van der Waals surface area contributed by atoms with Crippen molar-refractivity contribution in [1.29, 1.82) is 0 Å². The Labute approximate surface area is 112 Å². The van der Waals surface area contributed by atoms with Crippen LogP contribution in [0.4, 0.5) is 5.69 Å². The van der Waals surface area contributed by atoms with Gasteiger partial charge in [-0.1, -0.05) is 0 Å². The van der Waals surface area contributed by atoms with Gasteiger partial charge in [0.2, 0.25) is 5.56 Å². The van der Waals surface area contributed by atoms with Gasteiger partial charge in [-0.3, -0.25) is 9.59 Å². The van der Waals surface area contributed by atoms with Gasteiger partial charge in [-0.05, 0) is 34.1 Å². The van der Waals surface area contributed by atoms with Gasteiger partial charge in [0.25, 0.3) is 5.91 Å². The second kappa shape index (κ2) is 5.14. The molecule has 0 unspecified atom stereocenters. The predicted octanol–water partition coefficient (Wildman–Crippen LogP) is 1.80. The van der Waals surface area contributed by atoms with Crippen LogP contribution in [0.15, 0.2) is 46.1 Å². The van der Waals surface area contributed by atoms with Crippen LogP contribution < -0.4 is 10.9 Å². The van der Waals surface area contributed by atoms with E-state index < -0.39 is 0 Å². The molecule has 0 radical (unpaired) electrons. The number of aryl methyl sites for hydroxylation is 1. The molecule has 92 valence electrons. The molecule has 2 heterocycles. The summed E-state index contributed by atoms with van der Waals surface area (Å²) in [5, 5.41) is 2.71. The van der Waals surface area contributed by atoms with Crippen molar-refractivity contribution in [1.82, 2.24) is 9.55 Å². The lowest BCUT2D eigenvalue weighted by molar-refractivity contribution is 0.102. The van der Waals surface area contributed by atoms with Gasteiger partial charge in [-0.25, -0.2) is 4.98 Å². The van der Waals surface area contributed by atoms with Gasteiger partial charge >= 0.3 is 0 Å². The van der Waals surface area contributed by atoms with Crippen LogP contribution in [0.25, 0.3) is 0 Å². The van der Waals surface area contributed by atoms with E-state index in [0.29, 0.717) is 15.9 Å². The maximum atomic E-state index is 11.9. The third kappa shape index (κ3) is 2.84. The van der Waals surface area contributed by atoms with Crippen molar-refractivity contribution in [2.45, 2.75) is 0 Å². The normalized spacial score (nSPS) is 10.1. The van der Waals surface area contributed by atoms with Crippen molar-refractivity contribution in [3.63, 3.8) is 0 Å². The van der Waals surface area contributed by atoms with E-state index in [1.54, 1.807) is 37.6 Å². The van der Waals surface area contributed by atoms with E-state index >= 15 is 0 Å². The summed E-state index contributed by atoms with van der Waals surface area (Å²) < 4.78 is 1.99. The van der Waals surface area contributed by atoms with E-state index in [4.69, 9.17) is 0 Å². The molecule has 0 saturated carbocycles. The van der Waals surface area contributed by atoms with Gasteiger partial charge in [-0.2, -0.15) is 0 Å². The lowest BCUT2D eigenvalue weighted by Gasteiger charge is -2.06. The number of carbonyl (C=O) groups excluding carboxylic acids is 1. The minimum absolute atomic E-state index is 0.125. The third-order valence-electron chi connectivity index (χ3n) is 2.33. The summed E-state index contributed by atoms with van der Waals surface area (Å²) in [6, 6.07) is 6.20. The van der Waals surface area contributed by atoms with E-state index in [0.717, 1.165) is 0 Å². The molecule has 0 aliphatic heterocycles. The van der Waals surface area contributed by atoms with Crippen LogP contribution in [-0.4, -0.2) is 15.5 Å². The van der Waals surface area contributed by atoms with E-state index in [1.165, 1.54) is 10.6 Å². The molecule has 18 heavy (non-hydrogen) atoms. The van der Waals surface area contributed by atoms with Crippen LogP contribution in [0.3, 0.4) is 0 Å². The highest BCUT2D eigenvalue weighted by Gasteiger charge is 2.07. The Morgan fingerprint density at radius 1 is 1.39 bits per heavy atom. The van der Waals surface area contributed by atoms with E-state index in [-0.39, 0.29) is 11.5 Å². The number of nitrogens with zero attached hydrogens (tertiary/aromatic N) is 2. The number of hydrogen-bond acceptors (Lipinski definition) is 3. The van der Waals surface area contributed by atoms with E-state index in [1.807, 2.05) is 0 Å². The van der Waals surface area contributed by atoms with Crippen molar-refractivity contribution >= 4 is 27.5 Å². The molecule has 1 amide bonds. The average molecular weight is 308 g/mol. The van der Waals surface area contributed by atoms with E-state index in [2.05, 4.69) is 26.2 Å². The number of pyridine rings is 2. The van der Waals surface area contributed by atoms with Crippen molar-refractivity contribution < 1.29 is 4.79 Å². The Balaban J connectivity index is 2.21. The first kappa shape index (κ1) is 12.5. The lowest BCUT2D eigenvalue weighted by Crippen LogP contribution is -2.18. The number of nitrogens with one attached hydrogen (secondary N) is 1. The van der Waals surface area contributed by atoms with Crippen LogP contribution in [0, 0.1) is 0 Å². The summed E-state index contributed by atoms with van der Waals surface area (Å²) in [6.45, 7) is 0. The molecular formula is C12H10BrN3O2. The molecule has 0 fully saturated rings. The van der Waals surface area contributed by atoms with Gasteiger partial charge in [0, 0.05) is 31.1 Å². The Kier molecular flexibility index (Phi) is 3.57. The molecule has 2 aromatic heterocycles. The number of hydrogen-bond donors (Lipinski definition) is 1. The number of aromatic nitrogens is 2. The van der Waals surface area contributed by atoms with Gasteiger partial charge in [-0.15, -0.1) is 0 Å². The Bertz CT molecular complexity index is 652. The SMILES string of the molecule is Cn1cc(NC(=O)c2ccnc(Br)c2)ccc1=O. The second-order valence-corrected chi connectivity index (χ2v) is 4.50. The lowest BCUT2D eigenvalue weighted by atomic mass is 10.2. The largest absolute Gasteiger partial charge is 0.321 e. The Morgan fingerprint density at radius 2 is 2.17 bits per heavy atom. The molecule has 0 atom stereocenters. The van der Waals surface area contributed by atoms with Gasteiger partial charge < -0.3 is 9.88 Å². The van der Waals surface area contributed by atoms with Gasteiger partial charge in [0.05, 0.1) is 5.69 Å². The molecule has 0 saturated heterocycles. The minimum Gasteiger partial charge on any atom is -0.321 e. The zero-order valence-corrected chi connectivity index (χ0v) is 11.1. The summed E-state index contributed by atoms with van der Waals surface area (Å²) in [6.07, 6.45) is 3.11. The summed E-state index contributed by atoms with van der Waals surface area (Å²) in [5.41, 5.74) is 0.931. The van der Waals surface area contributed by atoms with Gasteiger partial charge in [0.15, 0.2) is 0 Å². The first-order valence-corrected chi connectivity index (χ1v) is 5.95. The molecule has 0 aliphatic carbocycles. The van der Waals surface area contributed by atoms with Crippen LogP contribution in [-0.2, 0) is 7.05 Å². The molecule has 0 aliphatic rings. The summed E-state index contributed by atoms with van der Waals surface area (Å²) in [5.74, 6) is -0.253. The number of anilines is 1. The zero-order valence-electron chi connectivity index (χ0n) is 9.55. The van der Waals surface area contributed by atoms with Crippen molar-refractivity contribution in [2.75, 3.05) is 5.32 Å². The maximum absolute atomic E-state index is 11.9. The predicted molar refractivity (Wildman–Crippen MR) is 71.6 cm³/mol. The fourth-order valence-corrected chi connectivity index (χ4v) is 1.78. The Morgan fingerprint density at radius 3 is 2.83 bits per heavy atom. The van der Waals surface area contributed by atoms with Crippen LogP contribution in [0.2, 0.25) is 0 Å². The quantitative estimate of drug-likeness (QED) is 0.860. The highest BCUT2D eigenvalue weighted by Crippen LogP contribution is 2.10. The van der Waals surface area contributed by atoms with Crippen molar-refractivity contribution in [2.24, 2.45) is 7.05 Å². The first-order valence-electron chi connectivity index (χ1n) is 5.16. The molecule has 0 spiro atoms. The van der Waals surface area contributed by atoms with Crippen molar-refractivity contribution in [3.8, 4) is 0 Å². The topological polar surface area (TPSA) is 64.0 Å². The molecule has 2 aromatic rings. The van der Waals surface area contributed by atoms with Gasteiger partial charge in [0.1, 0.15) is 4.60 Å². The van der Waals surface area contributed by atoms with Crippen LogP contribution in [0.1, 0.15) is 10.4 Å². The monoisotopic (exact) mass is 307 g/mol. The number of amides is 1. The first-order chi connectivity index (χ1) is 8.56. The Hall–Kier alpha value is -1.95. The van der Waals surface area contributed by atoms with Crippen LogP contribution >= 0.6 is 15.9 Å². The zero-order chi connectivity index (χ0) is 13.1. The molecule has 2 rings (SSSR count). The highest BCUT2D eigenvalue weighted by molar-refractivity contribution is 9.10. The minimum atomic E-state index is -0.253. The average Bonchev–Trinajstić information content (AvgIpc) is 2.34. The summed E-state index contributed by atoms with van der Waals surface area (Å²) >= 11 is 3.20. The number of halogens is 1. The summed E-state index contributed by atoms with van der Waals surface area (Å²) in [7, 11) is 1.63. The van der Waals surface area contributed by atoms with Crippen LogP contribution in [0.5, 0.6) is 0 Å². The number of rotatable bonds is 2. The number of carbonyl (C=O) groups is 1. The molecule has 5 nitrogen and oxygen atoms in total. The fourth-order valence-electron chi connectivity index (χ4n) is 1.41. The molecule has 0 aromatic carbocycles. The molecule has 1 N–H and O–H groups in total. The maximum Gasteiger partial charge on any atom is 0.255 e. The second-order valence-electron chi connectivity index (χ2n) is 3.69. The summed E-state index contributed by atoms with van der Waals surface area (Å²) in [4.78, 5) is 27.1. The highest BCUT2D eigenvalue weighted by atomic mass is 79.9. The smallest absolute Gasteiger partial charge is 0.255 e. The fraction of sp³-hybridized carbons (Fsp3) is 0.0833. The third-order valence-corrected chi connectivity index (χ3v) is 2.77. The molecular weight excluding hydrogens is 298 g/mol.